The minimum absolute atomic E-state index is 0.330. The van der Waals surface area contributed by atoms with Gasteiger partial charge < -0.3 is 14.8 Å². The smallest absolute Gasteiger partial charge is 0.116 e. The Kier molecular flexibility index (Phi) is 8.45. The summed E-state index contributed by atoms with van der Waals surface area (Å²) in [5.74, 6) is 5.17. The average molecular weight is 381 g/mol. The van der Waals surface area contributed by atoms with E-state index in [1.165, 1.54) is 29.4 Å². The topological polar surface area (TPSA) is 58.7 Å². The monoisotopic (exact) mass is 380 g/mol. The first-order valence-electron chi connectivity index (χ1n) is 9.58. The molecule has 0 spiro atoms. The van der Waals surface area contributed by atoms with E-state index in [4.69, 9.17) is 0 Å². The van der Waals surface area contributed by atoms with Crippen LogP contribution in [0.5, 0.6) is 5.75 Å². The molecule has 1 aliphatic rings. The van der Waals surface area contributed by atoms with Crippen LogP contribution >= 0.6 is 0 Å². The predicted octanol–water partition coefficient (Wildman–Crippen LogP) is 4.65. The minimum Gasteiger partial charge on any atom is -0.508 e. The largest absolute Gasteiger partial charge is 0.508 e. The third-order valence-electron chi connectivity index (χ3n) is 4.72. The highest BCUT2D eigenvalue weighted by Gasteiger charge is 2.22. The highest BCUT2D eigenvalue weighted by molar-refractivity contribution is 5.74. The molecular weight excluding hydrogens is 348 g/mol. The average Bonchev–Trinajstić information content (AvgIpc) is 2.63. The summed E-state index contributed by atoms with van der Waals surface area (Å²) in [7, 11) is 5.65. The Morgan fingerprint density at radius 1 is 1.18 bits per heavy atom. The molecular formula is C24H32N2O2. The van der Waals surface area contributed by atoms with Gasteiger partial charge in [-0.05, 0) is 74.2 Å². The number of phenols is 1. The first-order chi connectivity index (χ1) is 13.4. The van der Waals surface area contributed by atoms with Crippen molar-refractivity contribution in [3.05, 3.63) is 76.9 Å². The maximum atomic E-state index is 9.89. The van der Waals surface area contributed by atoms with Gasteiger partial charge in [0.25, 0.3) is 0 Å². The van der Waals surface area contributed by atoms with E-state index < -0.39 is 0 Å². The molecule has 0 fully saturated rings. The maximum absolute atomic E-state index is 9.89. The van der Waals surface area contributed by atoms with E-state index in [0.717, 1.165) is 24.9 Å². The van der Waals surface area contributed by atoms with Crippen LogP contribution < -0.4 is 5.90 Å². The number of aryl methyl sites for hydroxylation is 1. The fourth-order valence-electron chi connectivity index (χ4n) is 3.61. The third kappa shape index (κ3) is 6.64. The molecule has 3 N–H and O–H groups in total. The Bertz CT molecular complexity index is 825. The van der Waals surface area contributed by atoms with Crippen molar-refractivity contribution in [3.8, 4) is 5.75 Å². The third-order valence-corrected chi connectivity index (χ3v) is 4.72. The number of nitrogens with two attached hydrogens (primary N) is 1. The predicted molar refractivity (Wildman–Crippen MR) is 118 cm³/mol. The van der Waals surface area contributed by atoms with Gasteiger partial charge in [-0.3, -0.25) is 0 Å². The van der Waals surface area contributed by atoms with Gasteiger partial charge in [-0.2, -0.15) is 0 Å². The van der Waals surface area contributed by atoms with Crippen LogP contribution in [0.3, 0.4) is 0 Å². The first-order valence-corrected chi connectivity index (χ1v) is 9.58. The summed E-state index contributed by atoms with van der Waals surface area (Å²) in [6.45, 7) is 3.16. The van der Waals surface area contributed by atoms with Crippen LogP contribution in [-0.4, -0.2) is 37.8 Å². The van der Waals surface area contributed by atoms with Crippen LogP contribution in [0.4, 0.5) is 0 Å². The summed E-state index contributed by atoms with van der Waals surface area (Å²) in [4.78, 5) is 6.00. The lowest BCUT2D eigenvalue weighted by atomic mass is 9.81. The summed E-state index contributed by atoms with van der Waals surface area (Å²) in [5, 5.41) is 9.89. The van der Waals surface area contributed by atoms with E-state index in [1.54, 1.807) is 6.07 Å². The van der Waals surface area contributed by atoms with Gasteiger partial charge in [0.05, 0.1) is 7.11 Å². The molecule has 1 unspecified atom stereocenters. The van der Waals surface area contributed by atoms with Gasteiger partial charge in [0, 0.05) is 6.54 Å². The molecule has 0 saturated heterocycles. The van der Waals surface area contributed by atoms with Gasteiger partial charge in [0.15, 0.2) is 0 Å². The number of nitrogens with zero attached hydrogens (tertiary/aromatic N) is 1. The molecule has 0 bridgehead atoms. The summed E-state index contributed by atoms with van der Waals surface area (Å²) in [6.07, 6.45) is 6.85. The second kappa shape index (κ2) is 10.8. The standard InChI is InChI=1S/C23H27NO.CH5NO/c1-17-6-4-7-18(12-17)13-19-10-11-21(16-24(2)3)23(14-19)20-8-5-9-22(25)15-20;1-3-2/h4-9,12-15,21,25H,10-11,16H2,1-3H3;2H2,1H3/b19-13+;. The molecule has 0 heterocycles. The van der Waals surface area contributed by atoms with E-state index >= 15 is 0 Å². The molecule has 0 saturated carbocycles. The Labute approximate surface area is 168 Å². The van der Waals surface area contributed by atoms with Gasteiger partial charge in [-0.15, -0.1) is 0 Å². The molecule has 0 amide bonds. The summed E-state index contributed by atoms with van der Waals surface area (Å²) >= 11 is 0. The fraction of sp³-hybridized carbons (Fsp3) is 0.333. The fourth-order valence-corrected chi connectivity index (χ4v) is 3.61. The number of hydrogen-bond donors (Lipinski definition) is 2. The van der Waals surface area contributed by atoms with Crippen molar-refractivity contribution in [2.45, 2.75) is 19.8 Å². The molecule has 0 aliphatic heterocycles. The molecule has 2 aromatic carbocycles. The maximum Gasteiger partial charge on any atom is 0.116 e. The van der Waals surface area contributed by atoms with Crippen LogP contribution in [0, 0.1) is 12.8 Å². The van der Waals surface area contributed by atoms with Crippen LogP contribution in [0.25, 0.3) is 11.6 Å². The second-order valence-electron chi connectivity index (χ2n) is 7.52. The molecule has 0 radical (unpaired) electrons. The van der Waals surface area contributed by atoms with Crippen LogP contribution in [0.2, 0.25) is 0 Å². The Morgan fingerprint density at radius 3 is 2.54 bits per heavy atom. The first kappa shape index (κ1) is 21.9. The van der Waals surface area contributed by atoms with Crippen LogP contribution in [0.15, 0.2) is 60.2 Å². The highest BCUT2D eigenvalue weighted by atomic mass is 16.6. The highest BCUT2D eigenvalue weighted by Crippen LogP contribution is 2.36. The van der Waals surface area contributed by atoms with Gasteiger partial charge in [-0.25, -0.2) is 5.90 Å². The Morgan fingerprint density at radius 2 is 1.89 bits per heavy atom. The molecule has 150 valence electrons. The van der Waals surface area contributed by atoms with Crippen molar-refractivity contribution in [1.82, 2.24) is 4.90 Å². The van der Waals surface area contributed by atoms with E-state index in [1.807, 2.05) is 12.1 Å². The number of phenolic OH excluding ortho intramolecular Hbond substituents is 1. The van der Waals surface area contributed by atoms with Crippen molar-refractivity contribution in [1.29, 1.82) is 0 Å². The van der Waals surface area contributed by atoms with Crippen molar-refractivity contribution >= 4 is 11.6 Å². The van der Waals surface area contributed by atoms with Gasteiger partial charge >= 0.3 is 0 Å². The molecule has 4 heteroatoms. The molecule has 2 aromatic rings. The molecule has 28 heavy (non-hydrogen) atoms. The van der Waals surface area contributed by atoms with E-state index in [-0.39, 0.29) is 0 Å². The van der Waals surface area contributed by atoms with Crippen molar-refractivity contribution in [2.24, 2.45) is 11.8 Å². The van der Waals surface area contributed by atoms with Gasteiger partial charge in [0.1, 0.15) is 5.75 Å². The zero-order valence-electron chi connectivity index (χ0n) is 17.4. The van der Waals surface area contributed by atoms with E-state index in [0.29, 0.717) is 11.7 Å². The lowest BCUT2D eigenvalue weighted by molar-refractivity contribution is 0.206. The minimum atomic E-state index is 0.330. The quantitative estimate of drug-likeness (QED) is 0.758. The normalized spacial score (nSPS) is 17.9. The number of hydrogen-bond acceptors (Lipinski definition) is 4. The van der Waals surface area contributed by atoms with Gasteiger partial charge in [0.2, 0.25) is 0 Å². The second-order valence-corrected chi connectivity index (χ2v) is 7.52. The van der Waals surface area contributed by atoms with Crippen molar-refractivity contribution in [3.63, 3.8) is 0 Å². The molecule has 4 nitrogen and oxygen atoms in total. The van der Waals surface area contributed by atoms with Crippen molar-refractivity contribution in [2.75, 3.05) is 27.7 Å². The Hall–Kier alpha value is -2.40. The van der Waals surface area contributed by atoms with Crippen LogP contribution in [0.1, 0.15) is 29.5 Å². The SMILES string of the molecule is CON.Cc1cccc(/C=C2/C=C(c3cccc(O)c3)C(CN(C)C)CC2)c1. The molecule has 3 rings (SSSR count). The number of allylic oxidation sites excluding steroid dienone is 2. The van der Waals surface area contributed by atoms with Crippen LogP contribution in [-0.2, 0) is 4.84 Å². The molecule has 1 aliphatic carbocycles. The zero-order chi connectivity index (χ0) is 20.5. The zero-order valence-corrected chi connectivity index (χ0v) is 17.4. The Balaban J connectivity index is 0.000000878. The lowest BCUT2D eigenvalue weighted by Crippen LogP contribution is -2.24. The number of rotatable bonds is 4. The summed E-state index contributed by atoms with van der Waals surface area (Å²) in [6, 6.07) is 16.3. The number of aromatic hydroxyl groups is 1. The van der Waals surface area contributed by atoms with E-state index in [9.17, 15) is 5.11 Å². The van der Waals surface area contributed by atoms with Gasteiger partial charge in [-0.1, -0.05) is 54.1 Å². The molecule has 1 atom stereocenters. The summed E-state index contributed by atoms with van der Waals surface area (Å²) in [5.41, 5.74) is 6.36. The molecule has 0 aromatic heterocycles. The summed E-state index contributed by atoms with van der Waals surface area (Å²) < 4.78 is 0. The van der Waals surface area contributed by atoms with E-state index in [2.05, 4.69) is 79.1 Å². The van der Waals surface area contributed by atoms with Crippen molar-refractivity contribution < 1.29 is 9.94 Å². The lowest BCUT2D eigenvalue weighted by Gasteiger charge is -2.28. The number of benzene rings is 2.